The van der Waals surface area contributed by atoms with E-state index in [2.05, 4.69) is 40.8 Å². The molecule has 0 saturated carbocycles. The lowest BCUT2D eigenvalue weighted by Gasteiger charge is -2.05. The molecule has 2 N–H and O–H groups in total. The molecule has 0 aliphatic rings. The molecule has 25 heavy (non-hydrogen) atoms. The summed E-state index contributed by atoms with van der Waals surface area (Å²) >= 11 is 9.62. The first-order valence-electron chi connectivity index (χ1n) is 7.37. The molecule has 6 nitrogen and oxygen atoms in total. The predicted molar refractivity (Wildman–Crippen MR) is 99.0 cm³/mol. The highest BCUT2D eigenvalue weighted by atomic mass is 79.9. The second-order valence-corrected chi connectivity index (χ2v) is 6.70. The van der Waals surface area contributed by atoms with Crippen molar-refractivity contribution in [3.05, 3.63) is 57.9 Å². The lowest BCUT2D eigenvalue weighted by Crippen LogP contribution is -1.92. The largest absolute Gasteiger partial charge is 0.392 e. The van der Waals surface area contributed by atoms with Gasteiger partial charge in [-0.25, -0.2) is 9.97 Å². The van der Waals surface area contributed by atoms with E-state index in [1.165, 1.54) is 0 Å². The first-order valence-corrected chi connectivity index (χ1v) is 8.54. The lowest BCUT2D eigenvalue weighted by atomic mass is 10.1. The van der Waals surface area contributed by atoms with Crippen molar-refractivity contribution in [2.45, 2.75) is 6.61 Å². The second-order valence-electron chi connectivity index (χ2n) is 5.37. The van der Waals surface area contributed by atoms with E-state index in [1.807, 2.05) is 18.2 Å². The first-order chi connectivity index (χ1) is 12.1. The molecule has 0 bridgehead atoms. The minimum atomic E-state index is -0.0968. The summed E-state index contributed by atoms with van der Waals surface area (Å²) in [6.07, 6.45) is 4.99. The Labute approximate surface area is 156 Å². The Balaban J connectivity index is 1.69. The predicted octanol–water partition coefficient (Wildman–Crippen LogP) is 3.99. The molecule has 0 spiro atoms. The van der Waals surface area contributed by atoms with Gasteiger partial charge in [0.25, 0.3) is 0 Å². The average molecular weight is 417 g/mol. The average Bonchev–Trinajstić information content (AvgIpc) is 3.05. The maximum absolute atomic E-state index is 9.13. The molecule has 0 aromatic carbocycles. The molecule has 0 radical (unpaired) electrons. The Morgan fingerprint density at radius 2 is 1.96 bits per heavy atom. The van der Waals surface area contributed by atoms with Gasteiger partial charge < -0.3 is 10.1 Å². The Morgan fingerprint density at radius 3 is 2.68 bits per heavy atom. The molecule has 4 aromatic heterocycles. The molecule has 8 heteroatoms. The first kappa shape index (κ1) is 16.1. The highest BCUT2D eigenvalue weighted by molar-refractivity contribution is 9.10. The van der Waals surface area contributed by atoms with Gasteiger partial charge in [-0.05, 0) is 45.8 Å². The van der Waals surface area contributed by atoms with Crippen LogP contribution in [-0.4, -0.2) is 30.0 Å². The number of imidazole rings is 1. The van der Waals surface area contributed by atoms with Gasteiger partial charge in [0, 0.05) is 28.6 Å². The van der Waals surface area contributed by atoms with Crippen molar-refractivity contribution < 1.29 is 5.11 Å². The summed E-state index contributed by atoms with van der Waals surface area (Å²) in [4.78, 5) is 20.6. The molecule has 124 valence electrons. The van der Waals surface area contributed by atoms with Crippen LogP contribution in [0, 0.1) is 0 Å². The number of halogens is 2. The molecule has 4 aromatic rings. The van der Waals surface area contributed by atoms with E-state index < -0.39 is 0 Å². The van der Waals surface area contributed by atoms with Gasteiger partial charge in [0.1, 0.15) is 5.69 Å². The van der Waals surface area contributed by atoms with Crippen molar-refractivity contribution in [3.8, 4) is 22.8 Å². The highest BCUT2D eigenvalue weighted by Gasteiger charge is 2.10. The number of H-pyrrole nitrogens is 1. The summed E-state index contributed by atoms with van der Waals surface area (Å²) in [6, 6.07) is 7.34. The van der Waals surface area contributed by atoms with E-state index in [9.17, 15) is 0 Å². The number of aromatic amines is 1. The van der Waals surface area contributed by atoms with E-state index >= 15 is 0 Å². The van der Waals surface area contributed by atoms with Crippen molar-refractivity contribution >= 4 is 38.7 Å². The standard InChI is InChI=1S/C17H11BrClN5O/c18-11-4-14-16(22-7-11)24-17(23-14)13-2-1-10(6-20-13)15-12(19)3-9(8-25)5-21-15/h1-7,25H,8H2,(H,22,23,24). The van der Waals surface area contributed by atoms with Gasteiger partial charge in [-0.2, -0.15) is 0 Å². The van der Waals surface area contributed by atoms with Gasteiger partial charge in [0.15, 0.2) is 11.5 Å². The van der Waals surface area contributed by atoms with E-state index in [0.717, 1.165) is 15.6 Å². The molecule has 0 aliphatic heterocycles. The van der Waals surface area contributed by atoms with Crippen LogP contribution in [0.4, 0.5) is 0 Å². The molecule has 0 amide bonds. The summed E-state index contributed by atoms with van der Waals surface area (Å²) in [5.41, 5.74) is 4.23. The lowest BCUT2D eigenvalue weighted by molar-refractivity contribution is 0.281. The van der Waals surface area contributed by atoms with Gasteiger partial charge in [-0.15, -0.1) is 0 Å². The minimum Gasteiger partial charge on any atom is -0.392 e. The number of hydrogen-bond donors (Lipinski definition) is 2. The number of rotatable bonds is 3. The second kappa shape index (κ2) is 6.51. The molecule has 4 heterocycles. The summed E-state index contributed by atoms with van der Waals surface area (Å²) in [5.74, 6) is 0.641. The molecule has 0 fully saturated rings. The highest BCUT2D eigenvalue weighted by Crippen LogP contribution is 2.27. The molecule has 0 unspecified atom stereocenters. The number of nitrogens with zero attached hydrogens (tertiary/aromatic N) is 4. The summed E-state index contributed by atoms with van der Waals surface area (Å²) in [5, 5.41) is 9.60. The third kappa shape index (κ3) is 3.13. The van der Waals surface area contributed by atoms with Gasteiger partial charge in [0.2, 0.25) is 0 Å². The number of fused-ring (bicyclic) bond motifs is 1. The normalized spacial score (nSPS) is 11.2. The van der Waals surface area contributed by atoms with Crippen molar-refractivity contribution in [1.82, 2.24) is 24.9 Å². The molecular formula is C17H11BrClN5O. The third-order valence-electron chi connectivity index (χ3n) is 3.66. The quantitative estimate of drug-likeness (QED) is 0.527. The Hall–Kier alpha value is -2.35. The minimum absolute atomic E-state index is 0.0968. The zero-order valence-corrected chi connectivity index (χ0v) is 15.1. The van der Waals surface area contributed by atoms with Crippen molar-refractivity contribution in [2.24, 2.45) is 0 Å². The number of hydrogen-bond acceptors (Lipinski definition) is 5. The molecule has 0 atom stereocenters. The molecule has 0 saturated heterocycles. The molecule has 0 aliphatic carbocycles. The van der Waals surface area contributed by atoms with Crippen LogP contribution in [0.15, 0.2) is 47.3 Å². The van der Waals surface area contributed by atoms with Crippen molar-refractivity contribution in [2.75, 3.05) is 0 Å². The number of aliphatic hydroxyl groups excluding tert-OH is 1. The van der Waals surface area contributed by atoms with E-state index in [-0.39, 0.29) is 6.61 Å². The van der Waals surface area contributed by atoms with Crippen molar-refractivity contribution in [3.63, 3.8) is 0 Å². The Kier molecular flexibility index (Phi) is 4.20. The van der Waals surface area contributed by atoms with E-state index in [4.69, 9.17) is 16.7 Å². The smallest absolute Gasteiger partial charge is 0.178 e. The van der Waals surface area contributed by atoms with Crippen LogP contribution in [0.3, 0.4) is 0 Å². The maximum atomic E-state index is 9.13. The van der Waals surface area contributed by atoms with E-state index in [1.54, 1.807) is 24.7 Å². The number of aliphatic hydroxyl groups is 1. The Bertz CT molecular complexity index is 1060. The summed E-state index contributed by atoms with van der Waals surface area (Å²) in [7, 11) is 0. The van der Waals surface area contributed by atoms with Crippen molar-refractivity contribution in [1.29, 1.82) is 0 Å². The topological polar surface area (TPSA) is 87.6 Å². The van der Waals surface area contributed by atoms with E-state index in [0.29, 0.717) is 33.4 Å². The van der Waals surface area contributed by atoms with Gasteiger partial charge in [-0.3, -0.25) is 9.97 Å². The Morgan fingerprint density at radius 1 is 1.08 bits per heavy atom. The number of nitrogens with one attached hydrogen (secondary N) is 1. The SMILES string of the molecule is OCc1cnc(-c2ccc(-c3nc4ncc(Br)cc4[nH]3)nc2)c(Cl)c1. The summed E-state index contributed by atoms with van der Waals surface area (Å²) in [6.45, 7) is -0.0968. The van der Waals surface area contributed by atoms with Gasteiger partial charge >= 0.3 is 0 Å². The molecule has 4 rings (SSSR count). The fourth-order valence-corrected chi connectivity index (χ4v) is 3.08. The monoisotopic (exact) mass is 415 g/mol. The fourth-order valence-electron chi connectivity index (χ4n) is 2.45. The van der Waals surface area contributed by atoms with Crippen LogP contribution in [0.5, 0.6) is 0 Å². The zero-order valence-electron chi connectivity index (χ0n) is 12.7. The zero-order chi connectivity index (χ0) is 17.4. The molecular weight excluding hydrogens is 406 g/mol. The van der Waals surface area contributed by atoms with Crippen LogP contribution < -0.4 is 0 Å². The number of aromatic nitrogens is 5. The number of pyridine rings is 3. The van der Waals surface area contributed by atoms with Gasteiger partial charge in [-0.1, -0.05) is 11.6 Å². The van der Waals surface area contributed by atoms with Crippen LogP contribution in [0.1, 0.15) is 5.56 Å². The third-order valence-corrected chi connectivity index (χ3v) is 4.39. The van der Waals surface area contributed by atoms with Crippen LogP contribution in [0.2, 0.25) is 5.02 Å². The van der Waals surface area contributed by atoms with Crippen LogP contribution in [-0.2, 0) is 6.61 Å². The summed E-state index contributed by atoms with van der Waals surface area (Å²) < 4.78 is 0.880. The van der Waals surface area contributed by atoms with Crippen LogP contribution >= 0.6 is 27.5 Å². The van der Waals surface area contributed by atoms with Gasteiger partial charge in [0.05, 0.1) is 22.8 Å². The fraction of sp³-hybridized carbons (Fsp3) is 0.0588. The van der Waals surface area contributed by atoms with Crippen LogP contribution in [0.25, 0.3) is 33.9 Å². The maximum Gasteiger partial charge on any atom is 0.178 e.